The number of nitrogens with zero attached hydrogens (tertiary/aromatic N) is 2. The lowest BCUT2D eigenvalue weighted by Gasteiger charge is -2.42. The van der Waals surface area contributed by atoms with Crippen LogP contribution in [0.3, 0.4) is 0 Å². The van der Waals surface area contributed by atoms with Gasteiger partial charge in [-0.05, 0) is 79.8 Å². The van der Waals surface area contributed by atoms with Crippen molar-refractivity contribution in [2.24, 2.45) is 5.41 Å². The second kappa shape index (κ2) is 7.73. The number of benzene rings is 2. The molecular weight excluding hydrogens is 379 g/mol. The molecule has 30 heavy (non-hydrogen) atoms. The third-order valence-corrected chi connectivity index (χ3v) is 6.41. The van der Waals surface area contributed by atoms with Crippen molar-refractivity contribution in [3.8, 4) is 11.4 Å². The van der Waals surface area contributed by atoms with Crippen molar-refractivity contribution in [1.82, 2.24) is 9.78 Å². The Morgan fingerprint density at radius 2 is 1.87 bits per heavy atom. The zero-order valence-electron chi connectivity index (χ0n) is 17.6. The highest BCUT2D eigenvalue weighted by Crippen LogP contribution is 2.43. The third-order valence-electron chi connectivity index (χ3n) is 6.41. The topological polar surface area (TPSA) is 47.3 Å². The van der Waals surface area contributed by atoms with Crippen molar-refractivity contribution < 1.29 is 14.2 Å². The Hall–Kier alpha value is -2.92. The van der Waals surface area contributed by atoms with E-state index in [1.54, 1.807) is 19.2 Å². The van der Waals surface area contributed by atoms with E-state index in [0.717, 1.165) is 29.1 Å². The molecule has 0 bridgehead atoms. The third kappa shape index (κ3) is 3.77. The van der Waals surface area contributed by atoms with E-state index in [9.17, 15) is 9.50 Å². The molecule has 4 rings (SSSR count). The summed E-state index contributed by atoms with van der Waals surface area (Å²) in [6.07, 6.45) is 8.07. The van der Waals surface area contributed by atoms with Crippen molar-refractivity contribution >= 4 is 6.08 Å². The highest BCUT2D eigenvalue weighted by Gasteiger charge is 2.43. The van der Waals surface area contributed by atoms with Gasteiger partial charge in [0, 0.05) is 5.41 Å². The molecule has 4 nitrogen and oxygen atoms in total. The molecule has 0 spiro atoms. The van der Waals surface area contributed by atoms with Crippen molar-refractivity contribution in [3.05, 3.63) is 83.4 Å². The predicted molar refractivity (Wildman–Crippen MR) is 116 cm³/mol. The van der Waals surface area contributed by atoms with Gasteiger partial charge >= 0.3 is 0 Å². The molecule has 156 valence electrons. The average molecular weight is 407 g/mol. The fourth-order valence-corrected chi connectivity index (χ4v) is 4.05. The van der Waals surface area contributed by atoms with Crippen LogP contribution in [0, 0.1) is 11.2 Å². The van der Waals surface area contributed by atoms with Crippen LogP contribution >= 0.6 is 0 Å². The molecule has 1 aliphatic carbocycles. The normalized spacial score (nSPS) is 19.9. The first kappa shape index (κ1) is 20.4. The molecule has 1 aliphatic rings. The fraction of sp³-hybridized carbons (Fsp3) is 0.320. The number of hydrogen-bond donors (Lipinski definition) is 1. The predicted octanol–water partition coefficient (Wildman–Crippen LogP) is 4.98. The molecule has 0 saturated heterocycles. The number of aromatic nitrogens is 2. The largest absolute Gasteiger partial charge is 0.497 e. The lowest BCUT2D eigenvalue weighted by molar-refractivity contribution is -0.0414. The summed E-state index contributed by atoms with van der Waals surface area (Å²) in [6.45, 7) is 4.01. The summed E-state index contributed by atoms with van der Waals surface area (Å²) in [5.41, 5.74) is 2.74. The van der Waals surface area contributed by atoms with Crippen LogP contribution in [0.4, 0.5) is 4.39 Å². The summed E-state index contributed by atoms with van der Waals surface area (Å²) in [5.74, 6) is 0.564. The summed E-state index contributed by atoms with van der Waals surface area (Å²) in [4.78, 5) is 0. The minimum Gasteiger partial charge on any atom is -0.497 e. The molecule has 2 unspecified atom stereocenters. The van der Waals surface area contributed by atoms with Crippen LogP contribution in [0.15, 0.2) is 60.8 Å². The molecule has 0 aliphatic heterocycles. The lowest BCUT2D eigenvalue weighted by atomic mass is 9.66. The second-order valence-corrected chi connectivity index (χ2v) is 8.49. The van der Waals surface area contributed by atoms with Crippen LogP contribution in [0.25, 0.3) is 11.8 Å². The van der Waals surface area contributed by atoms with Gasteiger partial charge in [0.1, 0.15) is 11.6 Å². The molecule has 1 heterocycles. The minimum absolute atomic E-state index is 0.268. The first-order valence-corrected chi connectivity index (χ1v) is 10.2. The highest BCUT2D eigenvalue weighted by molar-refractivity contribution is 5.57. The van der Waals surface area contributed by atoms with Gasteiger partial charge < -0.3 is 9.84 Å². The molecule has 1 aromatic heterocycles. The number of aryl methyl sites for hydroxylation is 1. The monoisotopic (exact) mass is 406 g/mol. The molecule has 0 amide bonds. The lowest BCUT2D eigenvalue weighted by Crippen LogP contribution is -2.45. The number of aliphatic hydroxyl groups is 1. The zero-order valence-corrected chi connectivity index (χ0v) is 17.6. The molecule has 5 heteroatoms. The van der Waals surface area contributed by atoms with Gasteiger partial charge in [-0.1, -0.05) is 25.1 Å². The number of halogens is 1. The zero-order chi connectivity index (χ0) is 21.4. The van der Waals surface area contributed by atoms with Gasteiger partial charge in [-0.15, -0.1) is 0 Å². The minimum atomic E-state index is -0.890. The van der Waals surface area contributed by atoms with Crippen LogP contribution in [0.2, 0.25) is 0 Å². The smallest absolute Gasteiger partial charge is 0.123 e. The Kier molecular flexibility index (Phi) is 5.24. The molecule has 0 fully saturated rings. The number of ether oxygens (including phenoxy) is 1. The number of rotatable bonds is 6. The van der Waals surface area contributed by atoms with Gasteiger partial charge in [0.15, 0.2) is 0 Å². The highest BCUT2D eigenvalue weighted by atomic mass is 19.1. The summed E-state index contributed by atoms with van der Waals surface area (Å²) in [5, 5.41) is 15.9. The molecule has 2 atom stereocenters. The van der Waals surface area contributed by atoms with Crippen molar-refractivity contribution in [1.29, 1.82) is 0 Å². The SMILES string of the molecule is COc1ccc(CCC(C)(O)C2(C)C=Cc3c(cnn3-c3ccc(F)cc3)C2)cc1. The van der Waals surface area contributed by atoms with Crippen LogP contribution in [0.1, 0.15) is 37.1 Å². The molecule has 1 N–H and O–H groups in total. The van der Waals surface area contributed by atoms with Gasteiger partial charge in [-0.3, -0.25) is 0 Å². The van der Waals surface area contributed by atoms with Crippen molar-refractivity contribution in [2.75, 3.05) is 7.11 Å². The fourth-order valence-electron chi connectivity index (χ4n) is 4.05. The van der Waals surface area contributed by atoms with Crippen LogP contribution in [-0.4, -0.2) is 27.6 Å². The van der Waals surface area contributed by atoms with Gasteiger partial charge in [0.05, 0.1) is 30.3 Å². The van der Waals surface area contributed by atoms with E-state index in [4.69, 9.17) is 4.74 Å². The molecule has 2 aromatic carbocycles. The van der Waals surface area contributed by atoms with Crippen LogP contribution in [0.5, 0.6) is 5.75 Å². The Morgan fingerprint density at radius 1 is 1.17 bits per heavy atom. The first-order valence-electron chi connectivity index (χ1n) is 10.2. The van der Waals surface area contributed by atoms with Gasteiger partial charge in [0.25, 0.3) is 0 Å². The summed E-state index contributed by atoms with van der Waals surface area (Å²) >= 11 is 0. The van der Waals surface area contributed by atoms with Crippen LogP contribution in [-0.2, 0) is 12.8 Å². The van der Waals surface area contributed by atoms with E-state index in [2.05, 4.69) is 18.1 Å². The summed E-state index contributed by atoms with van der Waals surface area (Å²) in [7, 11) is 1.66. The number of hydrogen-bond acceptors (Lipinski definition) is 3. The van der Waals surface area contributed by atoms with Gasteiger partial charge in [-0.2, -0.15) is 5.10 Å². The van der Waals surface area contributed by atoms with Gasteiger partial charge in [0.2, 0.25) is 0 Å². The maximum Gasteiger partial charge on any atom is 0.123 e. The van der Waals surface area contributed by atoms with E-state index >= 15 is 0 Å². The van der Waals surface area contributed by atoms with E-state index in [1.807, 2.05) is 48.1 Å². The van der Waals surface area contributed by atoms with E-state index in [0.29, 0.717) is 12.8 Å². The van der Waals surface area contributed by atoms with E-state index < -0.39 is 11.0 Å². The summed E-state index contributed by atoms with van der Waals surface area (Å²) in [6, 6.07) is 14.3. The average Bonchev–Trinajstić information content (AvgIpc) is 3.16. The Balaban J connectivity index is 1.52. The quantitative estimate of drug-likeness (QED) is 0.628. The van der Waals surface area contributed by atoms with Gasteiger partial charge in [-0.25, -0.2) is 9.07 Å². The number of methoxy groups -OCH3 is 1. The second-order valence-electron chi connectivity index (χ2n) is 8.49. The maximum absolute atomic E-state index is 13.3. The van der Waals surface area contributed by atoms with Crippen molar-refractivity contribution in [3.63, 3.8) is 0 Å². The molecular formula is C25H27FN2O2. The first-order chi connectivity index (χ1) is 14.3. The van der Waals surface area contributed by atoms with Crippen LogP contribution < -0.4 is 4.74 Å². The summed E-state index contributed by atoms with van der Waals surface area (Å²) < 4.78 is 20.3. The Morgan fingerprint density at radius 3 is 2.53 bits per heavy atom. The standard InChI is InChI=1S/C25H27FN2O2/c1-24(25(2,29)15-12-18-4-10-22(30-3)11-5-18)14-13-23-19(16-24)17-27-28(23)21-8-6-20(26)7-9-21/h4-11,13-14,17,29H,12,15-16H2,1-3H3. The molecule has 0 radical (unpaired) electrons. The molecule has 0 saturated carbocycles. The molecule has 3 aromatic rings. The Bertz CT molecular complexity index is 1050. The number of fused-ring (bicyclic) bond motifs is 1. The maximum atomic E-state index is 13.3. The van der Waals surface area contributed by atoms with E-state index in [1.165, 1.54) is 17.7 Å². The van der Waals surface area contributed by atoms with Crippen molar-refractivity contribution in [2.45, 2.75) is 38.7 Å². The van der Waals surface area contributed by atoms with E-state index in [-0.39, 0.29) is 5.82 Å². The Labute approximate surface area is 176 Å².